The maximum atomic E-state index is 10.7. The van der Waals surface area contributed by atoms with Crippen LogP contribution in [-0.2, 0) is 4.79 Å². The van der Waals surface area contributed by atoms with Crippen LogP contribution in [0.1, 0.15) is 6.92 Å². The Labute approximate surface area is 81.3 Å². The van der Waals surface area contributed by atoms with Crippen molar-refractivity contribution in [2.45, 2.75) is 6.92 Å². The number of carbonyl (C=O) groups excluding carboxylic acids is 1. The Kier molecular flexibility index (Phi) is 2.14. The second kappa shape index (κ2) is 3.46. The van der Waals surface area contributed by atoms with Gasteiger partial charge in [0, 0.05) is 12.3 Å². The molecule has 0 amide bonds. The molecule has 3 heteroatoms. The van der Waals surface area contributed by atoms with Gasteiger partial charge < -0.3 is 4.74 Å². The third-order valence-corrected chi connectivity index (χ3v) is 1.83. The van der Waals surface area contributed by atoms with Crippen molar-refractivity contribution in [2.75, 3.05) is 0 Å². The van der Waals surface area contributed by atoms with Crippen LogP contribution in [0.2, 0.25) is 0 Å². The number of nitrogens with zero attached hydrogens (tertiary/aromatic N) is 1. The van der Waals surface area contributed by atoms with Crippen molar-refractivity contribution >= 4 is 16.9 Å². The molecule has 0 radical (unpaired) electrons. The molecule has 0 aliphatic rings. The van der Waals surface area contributed by atoms with Crippen molar-refractivity contribution in [1.82, 2.24) is 4.98 Å². The monoisotopic (exact) mass is 187 g/mol. The van der Waals surface area contributed by atoms with Gasteiger partial charge in [-0.2, -0.15) is 0 Å². The molecule has 0 N–H and O–H groups in total. The highest BCUT2D eigenvalue weighted by Crippen LogP contribution is 2.17. The van der Waals surface area contributed by atoms with Crippen LogP contribution in [0.15, 0.2) is 36.5 Å². The first-order valence-corrected chi connectivity index (χ1v) is 4.29. The molecule has 0 aliphatic heterocycles. The minimum Gasteiger partial charge on any atom is -0.425 e. The molecule has 70 valence electrons. The number of pyridine rings is 1. The third-order valence-electron chi connectivity index (χ3n) is 1.83. The highest BCUT2D eigenvalue weighted by molar-refractivity contribution is 5.80. The largest absolute Gasteiger partial charge is 0.425 e. The normalized spacial score (nSPS) is 10.1. The lowest BCUT2D eigenvalue weighted by Gasteiger charge is -2.01. The van der Waals surface area contributed by atoms with E-state index in [-0.39, 0.29) is 5.97 Å². The van der Waals surface area contributed by atoms with Crippen LogP contribution in [0, 0.1) is 0 Å². The molecule has 1 aromatic carbocycles. The number of para-hydroxylation sites is 1. The quantitative estimate of drug-likeness (QED) is 0.642. The van der Waals surface area contributed by atoms with Crippen molar-refractivity contribution in [3.63, 3.8) is 0 Å². The van der Waals surface area contributed by atoms with E-state index in [1.165, 1.54) is 6.92 Å². The molecule has 0 fully saturated rings. The Bertz CT molecular complexity index is 479. The maximum Gasteiger partial charge on any atom is 0.308 e. The molecule has 1 heterocycles. The minimum absolute atomic E-state index is 0.331. The van der Waals surface area contributed by atoms with Crippen LogP contribution in [-0.4, -0.2) is 11.0 Å². The zero-order chi connectivity index (χ0) is 9.97. The Morgan fingerprint density at radius 3 is 2.93 bits per heavy atom. The summed E-state index contributed by atoms with van der Waals surface area (Å²) in [6.45, 7) is 1.37. The first-order valence-electron chi connectivity index (χ1n) is 4.29. The topological polar surface area (TPSA) is 39.2 Å². The summed E-state index contributed by atoms with van der Waals surface area (Å²) in [5.74, 6) is 0.151. The van der Waals surface area contributed by atoms with Gasteiger partial charge in [-0.25, -0.2) is 0 Å². The molecule has 1 aromatic heterocycles. The van der Waals surface area contributed by atoms with Crippen molar-refractivity contribution in [3.05, 3.63) is 36.5 Å². The van der Waals surface area contributed by atoms with E-state index in [2.05, 4.69) is 4.98 Å². The standard InChI is InChI=1S/C11H9NO2/c1-8(13)14-10-6-9-4-2-3-5-11(9)12-7-10/h2-7H,1H3. The summed E-state index contributed by atoms with van der Waals surface area (Å²) in [6.07, 6.45) is 1.55. The van der Waals surface area contributed by atoms with E-state index in [0.717, 1.165) is 10.9 Å². The zero-order valence-electron chi connectivity index (χ0n) is 7.73. The second-order valence-corrected chi connectivity index (χ2v) is 2.96. The molecule has 3 nitrogen and oxygen atoms in total. The fraction of sp³-hybridized carbons (Fsp3) is 0.0909. The molecular weight excluding hydrogens is 178 g/mol. The molecular formula is C11H9NO2. The van der Waals surface area contributed by atoms with Gasteiger partial charge >= 0.3 is 5.97 Å². The van der Waals surface area contributed by atoms with E-state index in [4.69, 9.17) is 4.74 Å². The molecule has 0 bridgehead atoms. The molecule has 0 aliphatic carbocycles. The second-order valence-electron chi connectivity index (χ2n) is 2.96. The highest BCUT2D eigenvalue weighted by atomic mass is 16.5. The molecule has 2 aromatic rings. The Hall–Kier alpha value is -1.90. The molecule has 0 atom stereocenters. The van der Waals surface area contributed by atoms with Crippen LogP contribution < -0.4 is 4.74 Å². The van der Waals surface area contributed by atoms with E-state index in [1.54, 1.807) is 12.3 Å². The summed E-state index contributed by atoms with van der Waals surface area (Å²) in [6, 6.07) is 9.47. The van der Waals surface area contributed by atoms with E-state index in [1.807, 2.05) is 24.3 Å². The van der Waals surface area contributed by atoms with Crippen LogP contribution in [0.4, 0.5) is 0 Å². The smallest absolute Gasteiger partial charge is 0.308 e. The van der Waals surface area contributed by atoms with Crippen molar-refractivity contribution in [3.8, 4) is 5.75 Å². The average Bonchev–Trinajstić information content (AvgIpc) is 2.17. The molecule has 0 saturated heterocycles. The van der Waals surface area contributed by atoms with Gasteiger partial charge in [0.2, 0.25) is 0 Å². The number of hydrogen-bond donors (Lipinski definition) is 0. The predicted octanol–water partition coefficient (Wildman–Crippen LogP) is 2.16. The highest BCUT2D eigenvalue weighted by Gasteiger charge is 1.99. The van der Waals surface area contributed by atoms with Gasteiger partial charge in [0.15, 0.2) is 0 Å². The third kappa shape index (κ3) is 1.71. The van der Waals surface area contributed by atoms with Crippen LogP contribution >= 0.6 is 0 Å². The van der Waals surface area contributed by atoms with Crippen molar-refractivity contribution in [1.29, 1.82) is 0 Å². The fourth-order valence-electron chi connectivity index (χ4n) is 1.27. The number of aromatic nitrogens is 1. The Balaban J connectivity index is 2.46. The van der Waals surface area contributed by atoms with Crippen LogP contribution in [0.5, 0.6) is 5.75 Å². The maximum absolute atomic E-state index is 10.7. The molecule has 14 heavy (non-hydrogen) atoms. The average molecular weight is 187 g/mol. The van der Waals surface area contributed by atoms with E-state index in [0.29, 0.717) is 5.75 Å². The lowest BCUT2D eigenvalue weighted by molar-refractivity contribution is -0.131. The minimum atomic E-state index is -0.331. The van der Waals surface area contributed by atoms with E-state index < -0.39 is 0 Å². The SMILES string of the molecule is CC(=O)Oc1cnc2ccccc2c1. The lowest BCUT2D eigenvalue weighted by Crippen LogP contribution is -2.01. The van der Waals surface area contributed by atoms with Crippen molar-refractivity contribution in [2.24, 2.45) is 0 Å². The number of hydrogen-bond acceptors (Lipinski definition) is 3. The van der Waals surface area contributed by atoms with Gasteiger partial charge in [-0.1, -0.05) is 18.2 Å². The van der Waals surface area contributed by atoms with Gasteiger partial charge in [-0.15, -0.1) is 0 Å². The van der Waals surface area contributed by atoms with E-state index >= 15 is 0 Å². The van der Waals surface area contributed by atoms with Gasteiger partial charge in [0.1, 0.15) is 5.75 Å². The van der Waals surface area contributed by atoms with Gasteiger partial charge in [0.25, 0.3) is 0 Å². The number of esters is 1. The number of ether oxygens (including phenoxy) is 1. The predicted molar refractivity (Wildman–Crippen MR) is 53.1 cm³/mol. The van der Waals surface area contributed by atoms with Crippen LogP contribution in [0.25, 0.3) is 10.9 Å². The summed E-state index contributed by atoms with van der Waals surface area (Å²) in [5, 5.41) is 0.964. The molecule has 0 unspecified atom stereocenters. The van der Waals surface area contributed by atoms with E-state index in [9.17, 15) is 4.79 Å². The van der Waals surface area contributed by atoms with Crippen molar-refractivity contribution < 1.29 is 9.53 Å². The summed E-state index contributed by atoms with van der Waals surface area (Å²) < 4.78 is 4.92. The summed E-state index contributed by atoms with van der Waals surface area (Å²) in [5.41, 5.74) is 0.892. The molecule has 2 rings (SSSR count). The number of benzene rings is 1. The summed E-state index contributed by atoms with van der Waals surface area (Å²) in [7, 11) is 0. The molecule has 0 spiro atoms. The Morgan fingerprint density at radius 2 is 2.14 bits per heavy atom. The number of carbonyl (C=O) groups is 1. The van der Waals surface area contributed by atoms with Crippen LogP contribution in [0.3, 0.4) is 0 Å². The number of fused-ring (bicyclic) bond motifs is 1. The summed E-state index contributed by atoms with van der Waals surface area (Å²) >= 11 is 0. The van der Waals surface area contributed by atoms with Gasteiger partial charge in [-0.3, -0.25) is 9.78 Å². The fourth-order valence-corrected chi connectivity index (χ4v) is 1.27. The van der Waals surface area contributed by atoms with Gasteiger partial charge in [-0.05, 0) is 12.1 Å². The number of rotatable bonds is 1. The Morgan fingerprint density at radius 1 is 1.36 bits per heavy atom. The first-order chi connectivity index (χ1) is 6.75. The van der Waals surface area contributed by atoms with Gasteiger partial charge in [0.05, 0.1) is 11.7 Å². The summed E-state index contributed by atoms with van der Waals surface area (Å²) in [4.78, 5) is 14.9. The first kappa shape index (κ1) is 8.69. The lowest BCUT2D eigenvalue weighted by atomic mass is 10.2. The zero-order valence-corrected chi connectivity index (χ0v) is 7.73. The molecule has 0 saturated carbocycles.